The summed E-state index contributed by atoms with van der Waals surface area (Å²) in [5, 5.41) is 0. The van der Waals surface area contributed by atoms with E-state index in [1.54, 1.807) is 6.08 Å². The molecule has 0 saturated carbocycles. The van der Waals surface area contributed by atoms with Crippen molar-refractivity contribution in [2.45, 2.75) is 6.42 Å². The first-order valence-corrected chi connectivity index (χ1v) is 7.34. The molecule has 4 heteroatoms. The molecule has 4 nitrogen and oxygen atoms in total. The molecule has 0 atom stereocenters. The van der Waals surface area contributed by atoms with Crippen molar-refractivity contribution in [2.24, 2.45) is 0 Å². The van der Waals surface area contributed by atoms with Crippen LogP contribution in [0.2, 0.25) is 0 Å². The second kappa shape index (κ2) is 9.20. The average Bonchev–Trinajstić information content (AvgIpc) is 2.61. The number of hydrogen-bond acceptors (Lipinski definition) is 4. The topological polar surface area (TPSA) is 52.6 Å². The van der Waals surface area contributed by atoms with Crippen LogP contribution in [0, 0.1) is 0 Å². The first-order chi connectivity index (χ1) is 11.3. The summed E-state index contributed by atoms with van der Waals surface area (Å²) in [5.41, 5.74) is 3.17. The minimum atomic E-state index is 0.368. The molecule has 0 spiro atoms. The van der Waals surface area contributed by atoms with E-state index in [1.165, 1.54) is 6.08 Å². The van der Waals surface area contributed by atoms with E-state index in [4.69, 9.17) is 4.74 Å². The van der Waals surface area contributed by atoms with Gasteiger partial charge in [0.2, 0.25) is 0 Å². The second-order valence-corrected chi connectivity index (χ2v) is 4.81. The molecule has 0 saturated heterocycles. The van der Waals surface area contributed by atoms with E-state index < -0.39 is 0 Å². The van der Waals surface area contributed by atoms with Crippen LogP contribution in [0.15, 0.2) is 54.6 Å². The van der Waals surface area contributed by atoms with Gasteiger partial charge in [0.15, 0.2) is 0 Å². The first kappa shape index (κ1) is 16.5. The molecule has 0 aromatic heterocycles. The van der Waals surface area contributed by atoms with Crippen LogP contribution in [0.5, 0.6) is 5.75 Å². The number of rotatable bonds is 9. The Hall–Kier alpha value is -2.88. The van der Waals surface area contributed by atoms with Crippen molar-refractivity contribution >= 4 is 18.8 Å². The van der Waals surface area contributed by atoms with Crippen LogP contribution in [0.25, 0.3) is 17.2 Å². The highest BCUT2D eigenvalue weighted by Crippen LogP contribution is 2.23. The van der Waals surface area contributed by atoms with Crippen molar-refractivity contribution in [1.29, 1.82) is 0 Å². The summed E-state index contributed by atoms with van der Waals surface area (Å²) in [6, 6.07) is 15.8. The van der Waals surface area contributed by atoms with E-state index in [2.05, 4.69) is 4.74 Å². The van der Waals surface area contributed by atoms with Crippen molar-refractivity contribution in [1.82, 2.24) is 0 Å². The molecule has 0 radical (unpaired) electrons. The summed E-state index contributed by atoms with van der Waals surface area (Å²) in [4.78, 5) is 20.3. The van der Waals surface area contributed by atoms with Crippen molar-refractivity contribution in [3.05, 3.63) is 60.2 Å². The number of hydrogen-bond donors (Lipinski definition) is 0. The number of allylic oxidation sites excluding steroid dienone is 1. The Morgan fingerprint density at radius 3 is 2.09 bits per heavy atom. The lowest BCUT2D eigenvalue weighted by atomic mass is 10.0. The third-order valence-corrected chi connectivity index (χ3v) is 3.21. The summed E-state index contributed by atoms with van der Waals surface area (Å²) in [5.74, 6) is 0.783. The molecule has 0 aliphatic heterocycles. The van der Waals surface area contributed by atoms with Gasteiger partial charge in [-0.3, -0.25) is 9.59 Å². The van der Waals surface area contributed by atoms with Gasteiger partial charge in [-0.25, -0.2) is 0 Å². The zero-order valence-electron chi connectivity index (χ0n) is 12.7. The van der Waals surface area contributed by atoms with E-state index in [1.807, 2.05) is 48.5 Å². The molecule has 0 unspecified atom stereocenters. The second-order valence-electron chi connectivity index (χ2n) is 4.81. The van der Waals surface area contributed by atoms with E-state index in [0.29, 0.717) is 26.1 Å². The zero-order valence-corrected chi connectivity index (χ0v) is 12.7. The van der Waals surface area contributed by atoms with E-state index in [0.717, 1.165) is 28.7 Å². The van der Waals surface area contributed by atoms with Gasteiger partial charge < -0.3 is 9.47 Å². The lowest BCUT2D eigenvalue weighted by Crippen LogP contribution is -2.02. The first-order valence-electron chi connectivity index (χ1n) is 7.34. The van der Waals surface area contributed by atoms with Gasteiger partial charge >= 0.3 is 0 Å². The Kier molecular flexibility index (Phi) is 6.60. The SMILES string of the molecule is O=C/C=C/c1ccc(-c2ccc(OCCCOC=O)cc2)cc1. The van der Waals surface area contributed by atoms with Crippen LogP contribution >= 0.6 is 0 Å². The highest BCUT2D eigenvalue weighted by atomic mass is 16.5. The van der Waals surface area contributed by atoms with E-state index in [-0.39, 0.29) is 0 Å². The molecule has 2 aromatic rings. The number of carbonyl (C=O) groups excluding carboxylic acids is 2. The molecule has 0 heterocycles. The standard InChI is InChI=1S/C19H18O4/c20-12-1-3-16-4-6-17(7-5-16)18-8-10-19(11-9-18)23-14-2-13-22-15-21/h1,3-12,15H,2,13-14H2/b3-1+. The van der Waals surface area contributed by atoms with E-state index in [9.17, 15) is 9.59 Å². The summed E-state index contributed by atoms with van der Waals surface area (Å²) in [6.45, 7) is 1.31. The third kappa shape index (κ3) is 5.43. The number of ether oxygens (including phenoxy) is 2. The molecule has 2 rings (SSSR count). The van der Waals surface area contributed by atoms with Crippen LogP contribution in [-0.4, -0.2) is 26.0 Å². The summed E-state index contributed by atoms with van der Waals surface area (Å²) >= 11 is 0. The van der Waals surface area contributed by atoms with Gasteiger partial charge in [0.05, 0.1) is 13.2 Å². The van der Waals surface area contributed by atoms with Crippen LogP contribution in [0.1, 0.15) is 12.0 Å². The van der Waals surface area contributed by atoms with Crippen molar-refractivity contribution in [2.75, 3.05) is 13.2 Å². The lowest BCUT2D eigenvalue weighted by molar-refractivity contribution is -0.128. The van der Waals surface area contributed by atoms with Crippen LogP contribution < -0.4 is 4.74 Å². The fourth-order valence-corrected chi connectivity index (χ4v) is 2.06. The Morgan fingerprint density at radius 1 is 0.826 bits per heavy atom. The van der Waals surface area contributed by atoms with Crippen LogP contribution in [0.4, 0.5) is 0 Å². The Balaban J connectivity index is 1.92. The lowest BCUT2D eigenvalue weighted by Gasteiger charge is -2.07. The largest absolute Gasteiger partial charge is 0.493 e. The predicted molar refractivity (Wildman–Crippen MR) is 89.1 cm³/mol. The van der Waals surface area contributed by atoms with Gasteiger partial charge in [0, 0.05) is 6.42 Å². The molecule has 2 aromatic carbocycles. The number of benzene rings is 2. The molecule has 0 aliphatic carbocycles. The van der Waals surface area contributed by atoms with Gasteiger partial charge in [0.1, 0.15) is 12.0 Å². The molecule has 23 heavy (non-hydrogen) atoms. The molecule has 0 aliphatic rings. The van der Waals surface area contributed by atoms with Gasteiger partial charge in [-0.1, -0.05) is 42.5 Å². The smallest absolute Gasteiger partial charge is 0.293 e. The Bertz CT molecular complexity index is 642. The number of carbonyl (C=O) groups is 2. The maximum Gasteiger partial charge on any atom is 0.293 e. The van der Waals surface area contributed by atoms with Crippen molar-refractivity contribution < 1.29 is 19.1 Å². The van der Waals surface area contributed by atoms with Gasteiger partial charge in [-0.15, -0.1) is 0 Å². The normalized spacial score (nSPS) is 10.4. The predicted octanol–water partition coefficient (Wildman–Crippen LogP) is 3.51. The fraction of sp³-hybridized carbons (Fsp3) is 0.158. The molecule has 0 bridgehead atoms. The van der Waals surface area contributed by atoms with Crippen LogP contribution in [-0.2, 0) is 14.3 Å². The fourth-order valence-electron chi connectivity index (χ4n) is 2.06. The zero-order chi connectivity index (χ0) is 16.3. The highest BCUT2D eigenvalue weighted by Gasteiger charge is 1.99. The van der Waals surface area contributed by atoms with Gasteiger partial charge in [0.25, 0.3) is 6.47 Å². The van der Waals surface area contributed by atoms with Gasteiger partial charge in [-0.2, -0.15) is 0 Å². The molecule has 0 N–H and O–H groups in total. The maximum atomic E-state index is 10.3. The minimum Gasteiger partial charge on any atom is -0.493 e. The Labute approximate surface area is 135 Å². The molecule has 0 amide bonds. The molecular formula is C19H18O4. The third-order valence-electron chi connectivity index (χ3n) is 3.21. The van der Waals surface area contributed by atoms with Crippen molar-refractivity contribution in [3.63, 3.8) is 0 Å². The van der Waals surface area contributed by atoms with E-state index >= 15 is 0 Å². The average molecular weight is 310 g/mol. The maximum absolute atomic E-state index is 10.3. The molecule has 118 valence electrons. The number of aldehydes is 1. The molecule has 0 fully saturated rings. The van der Waals surface area contributed by atoms with Crippen LogP contribution in [0.3, 0.4) is 0 Å². The Morgan fingerprint density at radius 2 is 1.48 bits per heavy atom. The minimum absolute atomic E-state index is 0.368. The summed E-state index contributed by atoms with van der Waals surface area (Å²) in [7, 11) is 0. The highest BCUT2D eigenvalue weighted by molar-refractivity contribution is 5.74. The summed E-state index contributed by atoms with van der Waals surface area (Å²) < 4.78 is 10.2. The molecular weight excluding hydrogens is 292 g/mol. The summed E-state index contributed by atoms with van der Waals surface area (Å²) in [6.07, 6.45) is 4.66. The van der Waals surface area contributed by atoms with Crippen molar-refractivity contribution in [3.8, 4) is 16.9 Å². The monoisotopic (exact) mass is 310 g/mol. The quantitative estimate of drug-likeness (QED) is 0.404. The van der Waals surface area contributed by atoms with Gasteiger partial charge in [-0.05, 0) is 34.9 Å².